The van der Waals surface area contributed by atoms with Crippen molar-refractivity contribution < 1.29 is 0 Å². The van der Waals surface area contributed by atoms with Crippen molar-refractivity contribution in [2.45, 2.75) is 13.3 Å². The van der Waals surface area contributed by atoms with Crippen molar-refractivity contribution >= 4 is 27.3 Å². The summed E-state index contributed by atoms with van der Waals surface area (Å²) in [4.78, 5) is 9.93. The molecule has 0 fully saturated rings. The third-order valence-electron chi connectivity index (χ3n) is 1.86. The molecule has 0 bridgehead atoms. The van der Waals surface area contributed by atoms with E-state index in [0.29, 0.717) is 0 Å². The molecule has 0 aliphatic heterocycles. The molecule has 0 atom stereocenters. The highest BCUT2D eigenvalue weighted by atomic mass is 79.9. The fourth-order valence-electron chi connectivity index (χ4n) is 1.12. The Hall–Kier alpha value is -0.740. The lowest BCUT2D eigenvalue weighted by Crippen LogP contribution is -1.81. The fourth-order valence-corrected chi connectivity index (χ4v) is 2.56. The van der Waals surface area contributed by atoms with Crippen molar-refractivity contribution in [1.29, 1.82) is 0 Å². The van der Waals surface area contributed by atoms with Gasteiger partial charge in [0, 0.05) is 21.7 Å². The Kier molecular flexibility index (Phi) is 2.93. The van der Waals surface area contributed by atoms with Gasteiger partial charge in [-0.25, -0.2) is 4.98 Å². The minimum atomic E-state index is 0.928. The number of pyridine rings is 1. The largest absolute Gasteiger partial charge is 0.253 e. The third kappa shape index (κ3) is 1.86. The van der Waals surface area contributed by atoms with Crippen molar-refractivity contribution in [3.63, 3.8) is 0 Å². The van der Waals surface area contributed by atoms with Gasteiger partial charge in [0.25, 0.3) is 0 Å². The van der Waals surface area contributed by atoms with Crippen LogP contribution in [0.25, 0.3) is 10.7 Å². The van der Waals surface area contributed by atoms with Crippen molar-refractivity contribution in [3.05, 3.63) is 33.9 Å². The van der Waals surface area contributed by atoms with E-state index in [4.69, 9.17) is 0 Å². The third-order valence-corrected chi connectivity index (χ3v) is 3.65. The Labute approximate surface area is 95.2 Å². The molecule has 0 spiro atoms. The lowest BCUT2D eigenvalue weighted by molar-refractivity contribution is 1.17. The standard InChI is InChI=1S/C10H9BrN2S/c1-2-7-6-13-10(14-7)9-8(11)4-3-5-12-9/h3-6H,2H2,1H3. The predicted molar refractivity (Wildman–Crippen MR) is 62.4 cm³/mol. The van der Waals surface area contributed by atoms with Gasteiger partial charge in [-0.05, 0) is 34.5 Å². The molecule has 2 aromatic rings. The van der Waals surface area contributed by atoms with E-state index in [0.717, 1.165) is 21.6 Å². The second kappa shape index (κ2) is 4.19. The summed E-state index contributed by atoms with van der Waals surface area (Å²) in [7, 11) is 0. The van der Waals surface area contributed by atoms with Gasteiger partial charge < -0.3 is 0 Å². The van der Waals surface area contributed by atoms with Crippen LogP contribution in [0, 0.1) is 0 Å². The summed E-state index contributed by atoms with van der Waals surface area (Å²) >= 11 is 5.16. The number of aryl methyl sites for hydroxylation is 1. The van der Waals surface area contributed by atoms with E-state index in [1.807, 2.05) is 18.3 Å². The van der Waals surface area contributed by atoms with E-state index < -0.39 is 0 Å². The van der Waals surface area contributed by atoms with Gasteiger partial charge in [0.1, 0.15) is 10.7 Å². The molecule has 0 aliphatic rings. The van der Waals surface area contributed by atoms with Gasteiger partial charge in [0.15, 0.2) is 0 Å². The zero-order valence-corrected chi connectivity index (χ0v) is 10.1. The molecule has 0 amide bonds. The number of halogens is 1. The predicted octanol–water partition coefficient (Wildman–Crippen LogP) is 3.53. The summed E-state index contributed by atoms with van der Waals surface area (Å²) in [6.45, 7) is 2.13. The highest BCUT2D eigenvalue weighted by Crippen LogP contribution is 2.29. The molecule has 0 aliphatic carbocycles. The molecule has 0 radical (unpaired) electrons. The van der Waals surface area contributed by atoms with Crippen LogP contribution >= 0.6 is 27.3 Å². The van der Waals surface area contributed by atoms with Crippen LogP contribution < -0.4 is 0 Å². The van der Waals surface area contributed by atoms with E-state index in [2.05, 4.69) is 32.8 Å². The molecule has 0 saturated heterocycles. The van der Waals surface area contributed by atoms with E-state index in [9.17, 15) is 0 Å². The van der Waals surface area contributed by atoms with Gasteiger partial charge in [0.05, 0.1) is 0 Å². The van der Waals surface area contributed by atoms with Crippen LogP contribution in [0.2, 0.25) is 0 Å². The topological polar surface area (TPSA) is 25.8 Å². The summed E-state index contributed by atoms with van der Waals surface area (Å²) in [5.41, 5.74) is 0.928. The highest BCUT2D eigenvalue weighted by molar-refractivity contribution is 9.10. The molecular formula is C10H9BrN2S. The van der Waals surface area contributed by atoms with Crippen LogP contribution in [-0.2, 0) is 6.42 Å². The van der Waals surface area contributed by atoms with Gasteiger partial charge in [-0.15, -0.1) is 11.3 Å². The maximum Gasteiger partial charge on any atom is 0.143 e. The first-order valence-corrected chi connectivity index (χ1v) is 5.98. The second-order valence-corrected chi connectivity index (χ2v) is 4.79. The smallest absolute Gasteiger partial charge is 0.143 e. The first-order chi connectivity index (χ1) is 6.81. The van der Waals surface area contributed by atoms with Crippen molar-refractivity contribution in [3.8, 4) is 10.7 Å². The SMILES string of the molecule is CCc1cnc(-c2ncccc2Br)s1. The molecule has 0 unspecified atom stereocenters. The number of rotatable bonds is 2. The van der Waals surface area contributed by atoms with Gasteiger partial charge in [-0.1, -0.05) is 6.92 Å². The average Bonchev–Trinajstić information content (AvgIpc) is 2.67. The van der Waals surface area contributed by atoms with Crippen molar-refractivity contribution in [2.24, 2.45) is 0 Å². The monoisotopic (exact) mass is 268 g/mol. The molecule has 14 heavy (non-hydrogen) atoms. The maximum atomic E-state index is 4.34. The van der Waals surface area contributed by atoms with Gasteiger partial charge in [-0.2, -0.15) is 0 Å². The molecule has 2 heterocycles. The molecule has 2 rings (SSSR count). The minimum Gasteiger partial charge on any atom is -0.253 e. The van der Waals surface area contributed by atoms with E-state index in [-0.39, 0.29) is 0 Å². The number of aromatic nitrogens is 2. The van der Waals surface area contributed by atoms with E-state index in [1.165, 1.54) is 4.88 Å². The summed E-state index contributed by atoms with van der Waals surface area (Å²) in [6, 6.07) is 3.89. The van der Waals surface area contributed by atoms with Crippen LogP contribution in [0.1, 0.15) is 11.8 Å². The molecule has 0 N–H and O–H groups in total. The molecule has 0 aromatic carbocycles. The molecule has 0 saturated carbocycles. The quantitative estimate of drug-likeness (QED) is 0.833. The summed E-state index contributed by atoms with van der Waals surface area (Å²) in [6.07, 6.45) is 4.73. The second-order valence-electron chi connectivity index (χ2n) is 2.82. The van der Waals surface area contributed by atoms with Crippen LogP contribution in [0.5, 0.6) is 0 Å². The Bertz CT molecular complexity index is 439. The van der Waals surface area contributed by atoms with Crippen LogP contribution in [0.15, 0.2) is 29.0 Å². The zero-order valence-electron chi connectivity index (χ0n) is 7.70. The van der Waals surface area contributed by atoms with E-state index >= 15 is 0 Å². The molecule has 4 heteroatoms. The van der Waals surface area contributed by atoms with Gasteiger partial charge in [0.2, 0.25) is 0 Å². The van der Waals surface area contributed by atoms with Crippen molar-refractivity contribution in [2.75, 3.05) is 0 Å². The lowest BCUT2D eigenvalue weighted by Gasteiger charge is -1.96. The molecule has 72 valence electrons. The normalized spacial score (nSPS) is 10.4. The van der Waals surface area contributed by atoms with Crippen LogP contribution in [0.4, 0.5) is 0 Å². The highest BCUT2D eigenvalue weighted by Gasteiger charge is 2.07. The van der Waals surface area contributed by atoms with Crippen LogP contribution in [-0.4, -0.2) is 9.97 Å². The Morgan fingerprint density at radius 2 is 2.29 bits per heavy atom. The number of hydrogen-bond acceptors (Lipinski definition) is 3. The maximum absolute atomic E-state index is 4.34. The lowest BCUT2D eigenvalue weighted by atomic mass is 10.4. The fraction of sp³-hybridized carbons (Fsp3) is 0.200. The molecule has 2 aromatic heterocycles. The zero-order chi connectivity index (χ0) is 9.97. The number of thiazole rings is 1. The van der Waals surface area contributed by atoms with Gasteiger partial charge in [-0.3, -0.25) is 4.98 Å². The average molecular weight is 269 g/mol. The number of hydrogen-bond donors (Lipinski definition) is 0. The Morgan fingerprint density at radius 1 is 1.43 bits per heavy atom. The summed E-state index contributed by atoms with van der Waals surface area (Å²) < 4.78 is 0.997. The van der Waals surface area contributed by atoms with Gasteiger partial charge >= 0.3 is 0 Å². The first kappa shape index (κ1) is 9.80. The Morgan fingerprint density at radius 3 is 2.93 bits per heavy atom. The molecule has 2 nitrogen and oxygen atoms in total. The number of nitrogens with zero attached hydrogens (tertiary/aromatic N) is 2. The first-order valence-electron chi connectivity index (χ1n) is 4.37. The summed E-state index contributed by atoms with van der Waals surface area (Å²) in [5, 5.41) is 0.981. The molecular weight excluding hydrogens is 260 g/mol. The summed E-state index contributed by atoms with van der Waals surface area (Å²) in [5.74, 6) is 0. The van der Waals surface area contributed by atoms with Crippen molar-refractivity contribution in [1.82, 2.24) is 9.97 Å². The Balaban J connectivity index is 2.44. The van der Waals surface area contributed by atoms with Crippen LogP contribution in [0.3, 0.4) is 0 Å². The van der Waals surface area contributed by atoms with E-state index in [1.54, 1.807) is 17.5 Å². The minimum absolute atomic E-state index is 0.928.